The van der Waals surface area contributed by atoms with Crippen molar-refractivity contribution in [2.24, 2.45) is 5.92 Å². The summed E-state index contributed by atoms with van der Waals surface area (Å²) in [6, 6.07) is 6.72. The van der Waals surface area contributed by atoms with E-state index in [9.17, 15) is 18.4 Å². The molecule has 0 saturated carbocycles. The molecular formula is C26H32F2N6O2S. The maximum Gasteiger partial charge on any atom is 0.313 e. The monoisotopic (exact) mass is 530 g/mol. The number of fused-ring (bicyclic) bond motifs is 1. The van der Waals surface area contributed by atoms with Crippen LogP contribution in [0.2, 0.25) is 0 Å². The maximum absolute atomic E-state index is 14.6. The van der Waals surface area contributed by atoms with Gasteiger partial charge in [-0.3, -0.25) is 9.59 Å². The Morgan fingerprint density at radius 2 is 2.03 bits per heavy atom. The zero-order valence-electron chi connectivity index (χ0n) is 21.4. The number of alkyl halides is 2. The molecule has 1 aromatic carbocycles. The van der Waals surface area contributed by atoms with E-state index >= 15 is 0 Å². The van der Waals surface area contributed by atoms with Crippen molar-refractivity contribution in [3.05, 3.63) is 46.6 Å². The molecule has 1 aliphatic rings. The highest BCUT2D eigenvalue weighted by atomic mass is 32.1. The number of benzene rings is 1. The van der Waals surface area contributed by atoms with Gasteiger partial charge < -0.3 is 20.9 Å². The third-order valence-electron chi connectivity index (χ3n) is 6.54. The lowest BCUT2D eigenvalue weighted by Gasteiger charge is -2.38. The summed E-state index contributed by atoms with van der Waals surface area (Å²) in [6.07, 6.45) is 3.60. The second-order valence-electron chi connectivity index (χ2n) is 9.92. The second-order valence-corrected chi connectivity index (χ2v) is 11.0. The van der Waals surface area contributed by atoms with Crippen molar-refractivity contribution in [1.29, 1.82) is 0 Å². The number of aryl methyl sites for hydroxylation is 1. The fraction of sp³-hybridized carbons (Fsp3) is 0.462. The van der Waals surface area contributed by atoms with Gasteiger partial charge in [-0.2, -0.15) is 8.78 Å². The van der Waals surface area contributed by atoms with Crippen LogP contribution in [-0.4, -0.2) is 58.8 Å². The van der Waals surface area contributed by atoms with Crippen molar-refractivity contribution in [1.82, 2.24) is 19.8 Å². The van der Waals surface area contributed by atoms with Crippen LogP contribution >= 0.6 is 11.3 Å². The number of amides is 2. The summed E-state index contributed by atoms with van der Waals surface area (Å²) in [5, 5.41) is 2.41. The highest BCUT2D eigenvalue weighted by molar-refractivity contribution is 7.18. The van der Waals surface area contributed by atoms with Gasteiger partial charge in [-0.15, -0.1) is 11.3 Å². The van der Waals surface area contributed by atoms with Crippen LogP contribution in [0.1, 0.15) is 48.9 Å². The van der Waals surface area contributed by atoms with Crippen molar-refractivity contribution >= 4 is 44.9 Å². The van der Waals surface area contributed by atoms with Crippen LogP contribution in [0.15, 0.2) is 30.5 Å². The molecule has 1 unspecified atom stereocenters. The minimum Gasteiger partial charge on any atom is -0.383 e. The van der Waals surface area contributed by atoms with Gasteiger partial charge >= 0.3 is 17.7 Å². The first-order valence-corrected chi connectivity index (χ1v) is 13.1. The Kier molecular flexibility index (Phi) is 7.75. The number of pyridine rings is 1. The summed E-state index contributed by atoms with van der Waals surface area (Å²) in [5.74, 6) is -3.87. The first-order valence-electron chi connectivity index (χ1n) is 12.3. The van der Waals surface area contributed by atoms with Crippen molar-refractivity contribution in [3.8, 4) is 0 Å². The molecule has 0 radical (unpaired) electrons. The maximum atomic E-state index is 14.6. The molecular weight excluding hydrogens is 498 g/mol. The minimum atomic E-state index is -3.07. The topological polar surface area (TPSA) is 104 Å². The first kappa shape index (κ1) is 26.9. The summed E-state index contributed by atoms with van der Waals surface area (Å²) >= 11 is 0.972. The van der Waals surface area contributed by atoms with E-state index in [0.29, 0.717) is 41.1 Å². The van der Waals surface area contributed by atoms with Gasteiger partial charge in [0.2, 0.25) is 0 Å². The number of nitrogens with zero attached hydrogens (tertiary/aromatic N) is 4. The van der Waals surface area contributed by atoms with E-state index in [2.05, 4.69) is 15.3 Å². The Hall–Kier alpha value is -3.18. The zero-order chi connectivity index (χ0) is 26.9. The summed E-state index contributed by atoms with van der Waals surface area (Å²) in [7, 11) is 3.19. The number of likely N-dealkylation sites (N-methyl/N-ethyl adjacent to an activating group) is 1. The summed E-state index contributed by atoms with van der Waals surface area (Å²) < 4.78 is 29.9. The number of nitrogen functional groups attached to an aromatic ring is 1. The molecule has 1 fully saturated rings. The molecule has 3 heterocycles. The van der Waals surface area contributed by atoms with Gasteiger partial charge in [-0.25, -0.2) is 9.97 Å². The average molecular weight is 531 g/mol. The molecule has 11 heteroatoms. The van der Waals surface area contributed by atoms with Crippen molar-refractivity contribution in [2.45, 2.75) is 45.1 Å². The molecule has 2 atom stereocenters. The van der Waals surface area contributed by atoms with E-state index in [0.717, 1.165) is 28.9 Å². The van der Waals surface area contributed by atoms with E-state index < -0.39 is 24.3 Å². The summed E-state index contributed by atoms with van der Waals surface area (Å²) in [6.45, 7) is 3.95. The van der Waals surface area contributed by atoms with E-state index in [-0.39, 0.29) is 17.0 Å². The largest absolute Gasteiger partial charge is 0.383 e. The van der Waals surface area contributed by atoms with Crippen molar-refractivity contribution in [2.75, 3.05) is 38.2 Å². The lowest BCUT2D eigenvalue weighted by Crippen LogP contribution is -2.46. The number of nitrogens with one attached hydrogen (secondary N) is 1. The Bertz CT molecular complexity index is 1310. The van der Waals surface area contributed by atoms with E-state index in [1.807, 2.05) is 19.9 Å². The number of halogens is 2. The molecule has 0 spiro atoms. The average Bonchev–Trinajstić information content (AvgIpc) is 3.28. The van der Waals surface area contributed by atoms with E-state index in [1.165, 1.54) is 11.1 Å². The smallest absolute Gasteiger partial charge is 0.313 e. The van der Waals surface area contributed by atoms with Gasteiger partial charge in [0.05, 0.1) is 34.7 Å². The molecule has 2 aromatic heterocycles. The van der Waals surface area contributed by atoms with Crippen LogP contribution in [0.25, 0.3) is 10.2 Å². The van der Waals surface area contributed by atoms with Gasteiger partial charge in [-0.1, -0.05) is 19.9 Å². The normalized spacial score (nSPS) is 18.4. The number of aromatic nitrogens is 2. The minimum absolute atomic E-state index is 0.220. The number of rotatable bonds is 6. The molecule has 198 valence electrons. The van der Waals surface area contributed by atoms with Gasteiger partial charge in [0.1, 0.15) is 5.82 Å². The van der Waals surface area contributed by atoms with Crippen LogP contribution in [-0.2, 0) is 21.9 Å². The highest BCUT2D eigenvalue weighted by Gasteiger charge is 2.37. The number of carbonyl (C=O) groups is 2. The van der Waals surface area contributed by atoms with E-state index in [4.69, 9.17) is 5.73 Å². The molecule has 2 amide bonds. The number of nitrogens with two attached hydrogens (primary N) is 1. The number of hydrogen-bond acceptors (Lipinski definition) is 7. The number of piperidine rings is 1. The number of hydrogen-bond donors (Lipinski definition) is 2. The molecule has 4 rings (SSSR count). The Balaban J connectivity index is 1.58. The lowest BCUT2D eigenvalue weighted by molar-refractivity contribution is -0.146. The van der Waals surface area contributed by atoms with Gasteiger partial charge in [0.15, 0.2) is 5.01 Å². The van der Waals surface area contributed by atoms with Crippen molar-refractivity contribution in [3.63, 3.8) is 0 Å². The van der Waals surface area contributed by atoms with Gasteiger partial charge in [0, 0.05) is 6.54 Å². The molecule has 3 N–H and O–H groups in total. The molecule has 0 aliphatic carbocycles. The number of anilines is 2. The van der Waals surface area contributed by atoms with Crippen LogP contribution in [0, 0.1) is 5.92 Å². The predicted molar refractivity (Wildman–Crippen MR) is 142 cm³/mol. The van der Waals surface area contributed by atoms with E-state index in [1.54, 1.807) is 37.2 Å². The molecule has 3 aromatic rings. The molecule has 8 nitrogen and oxygen atoms in total. The first-order chi connectivity index (χ1) is 17.5. The predicted octanol–water partition coefficient (Wildman–Crippen LogP) is 4.43. The van der Waals surface area contributed by atoms with Crippen LogP contribution in [0.4, 0.5) is 20.3 Å². The standard InChI is InChI=1S/C26H32F2N6O2S/c1-5-16-10-18(12-30-22(16)29)31-23(35)24(36)34-13-15(2)6-8-20(34)17-7-9-21-19(11-17)32-25(37-21)26(27,28)14-33(3)4/h7,9-12,15,20H,5-6,8,13-14H2,1-4H3,(H2,29,30)(H,31,35)/t15-,20?/m0/s1. The quantitative estimate of drug-likeness (QED) is 0.457. The Morgan fingerprint density at radius 3 is 2.73 bits per heavy atom. The number of thiazole rings is 1. The van der Waals surface area contributed by atoms with Gasteiger partial charge in [0.25, 0.3) is 0 Å². The Labute approximate surface area is 218 Å². The summed E-state index contributed by atoms with van der Waals surface area (Å²) in [4.78, 5) is 37.6. The van der Waals surface area contributed by atoms with Crippen LogP contribution in [0.5, 0.6) is 0 Å². The van der Waals surface area contributed by atoms with Crippen molar-refractivity contribution < 1.29 is 18.4 Å². The molecule has 37 heavy (non-hydrogen) atoms. The SMILES string of the molecule is CCc1cc(NC(=O)C(=O)N2C[C@@H](C)CCC2c2ccc3sc(C(F)(F)CN(C)C)nc3c2)cnc1N. The number of likely N-dealkylation sites (tertiary alicyclic amines) is 1. The zero-order valence-corrected chi connectivity index (χ0v) is 22.2. The lowest BCUT2D eigenvalue weighted by atomic mass is 9.89. The molecule has 1 aliphatic heterocycles. The second kappa shape index (κ2) is 10.7. The Morgan fingerprint density at radius 1 is 1.27 bits per heavy atom. The van der Waals surface area contributed by atoms with Crippen LogP contribution in [0.3, 0.4) is 0 Å². The van der Waals surface area contributed by atoms with Gasteiger partial charge in [-0.05, 0) is 68.6 Å². The highest BCUT2D eigenvalue weighted by Crippen LogP contribution is 2.38. The molecule has 1 saturated heterocycles. The molecule has 0 bridgehead atoms. The van der Waals surface area contributed by atoms with Crippen LogP contribution < -0.4 is 11.1 Å². The third-order valence-corrected chi connectivity index (χ3v) is 7.69. The summed E-state index contributed by atoms with van der Waals surface area (Å²) in [5.41, 5.74) is 8.27. The fourth-order valence-corrected chi connectivity index (χ4v) is 5.60. The third kappa shape index (κ3) is 5.88. The fourth-order valence-electron chi connectivity index (χ4n) is 4.68. The number of carbonyl (C=O) groups excluding carboxylic acids is 2.